The lowest BCUT2D eigenvalue weighted by atomic mass is 9.93. The quantitative estimate of drug-likeness (QED) is 0.169. The number of halogens is 2. The Bertz CT molecular complexity index is 1730. The number of carboxylic acid groups (broad SMARTS) is 1. The Morgan fingerprint density at radius 3 is 2.69 bits per heavy atom. The monoisotopic (exact) mass is 651 g/mol. The zero-order valence-electron chi connectivity index (χ0n) is 24.4. The minimum absolute atomic E-state index is 0.0926. The fourth-order valence-corrected chi connectivity index (χ4v) is 5.40. The lowest BCUT2D eigenvalue weighted by Crippen LogP contribution is -2.36. The van der Waals surface area contributed by atoms with Gasteiger partial charge in [0.25, 0.3) is 0 Å². The van der Waals surface area contributed by atoms with E-state index in [-0.39, 0.29) is 13.2 Å². The van der Waals surface area contributed by atoms with Gasteiger partial charge in [0.2, 0.25) is 0 Å². The molecule has 0 bridgehead atoms. The van der Waals surface area contributed by atoms with Crippen molar-refractivity contribution in [1.82, 2.24) is 15.1 Å². The van der Waals surface area contributed by atoms with E-state index >= 15 is 0 Å². The predicted octanol–water partition coefficient (Wildman–Crippen LogP) is 6.39. The molecule has 1 aliphatic rings. The average Bonchev–Trinajstić information content (AvgIpc) is 3.49. The van der Waals surface area contributed by atoms with Crippen LogP contribution in [-0.2, 0) is 22.5 Å². The maximum atomic E-state index is 13.1. The molecule has 0 radical (unpaired) electrons. The summed E-state index contributed by atoms with van der Waals surface area (Å²) in [6, 6.07) is 15.6. The summed E-state index contributed by atoms with van der Waals surface area (Å²) < 4.78 is 13.1. The normalized spacial score (nSPS) is 12.3. The van der Waals surface area contributed by atoms with E-state index in [1.165, 1.54) is 0 Å². The number of aliphatic carboxylic acids is 1. The number of amides is 3. The second-order valence-corrected chi connectivity index (χ2v) is 11.1. The molecule has 5 rings (SSSR count). The molecule has 3 aromatic carbocycles. The molecule has 1 aromatic heterocycles. The number of hydrogen-bond donors (Lipinski definition) is 3. The van der Waals surface area contributed by atoms with Crippen LogP contribution in [-0.4, -0.2) is 59.3 Å². The predicted molar refractivity (Wildman–Crippen MR) is 172 cm³/mol. The summed E-state index contributed by atoms with van der Waals surface area (Å²) in [5, 5.41) is 19.2. The standard InChI is InChI=1S/C32H31Cl2N5O6/c1-20-26(33)7-3-9-29(20)44-13-14-45-32(43)39-12-4-6-25-24(5-2-8-28(25)39)22-16-36-38(19-22)18-21-15-23(10-11-27(21)34)37-31(42)35-17-30(40)41/h2-3,5,7-11,15-16,19H,4,6,12-14,17-18H2,1H3,(H,40,41)(H2,35,37,42). The number of carboxylic acids is 1. The fourth-order valence-electron chi connectivity index (χ4n) is 5.06. The van der Waals surface area contributed by atoms with Crippen LogP contribution in [0.15, 0.2) is 67.0 Å². The Balaban J connectivity index is 1.24. The number of benzene rings is 3. The van der Waals surface area contributed by atoms with Crippen LogP contribution in [0.3, 0.4) is 0 Å². The largest absolute Gasteiger partial charge is 0.490 e. The van der Waals surface area contributed by atoms with E-state index in [0.29, 0.717) is 40.1 Å². The molecule has 234 valence electrons. The van der Waals surface area contributed by atoms with E-state index in [1.54, 1.807) is 40.0 Å². The van der Waals surface area contributed by atoms with Gasteiger partial charge >= 0.3 is 18.1 Å². The van der Waals surface area contributed by atoms with Gasteiger partial charge in [-0.2, -0.15) is 5.10 Å². The van der Waals surface area contributed by atoms with Crippen molar-refractivity contribution in [2.24, 2.45) is 0 Å². The second-order valence-electron chi connectivity index (χ2n) is 10.3. The summed E-state index contributed by atoms with van der Waals surface area (Å²) in [5.41, 5.74) is 5.67. The van der Waals surface area contributed by atoms with E-state index in [0.717, 1.165) is 40.8 Å². The highest BCUT2D eigenvalue weighted by Crippen LogP contribution is 2.36. The van der Waals surface area contributed by atoms with E-state index in [4.69, 9.17) is 37.8 Å². The lowest BCUT2D eigenvalue weighted by Gasteiger charge is -2.30. The summed E-state index contributed by atoms with van der Waals surface area (Å²) in [7, 11) is 0. The zero-order valence-corrected chi connectivity index (χ0v) is 25.9. The molecule has 45 heavy (non-hydrogen) atoms. The molecule has 0 unspecified atom stereocenters. The van der Waals surface area contributed by atoms with Crippen molar-refractivity contribution in [2.75, 3.05) is 36.5 Å². The molecule has 2 heterocycles. The molecule has 0 saturated heterocycles. The number of urea groups is 1. The third kappa shape index (κ3) is 7.86. The molecule has 0 aliphatic carbocycles. The maximum Gasteiger partial charge on any atom is 0.414 e. The van der Waals surface area contributed by atoms with Crippen molar-refractivity contribution < 1.29 is 29.0 Å². The summed E-state index contributed by atoms with van der Waals surface area (Å²) in [6.07, 6.45) is 4.80. The molecule has 4 aromatic rings. The SMILES string of the molecule is Cc1c(Cl)cccc1OCCOC(=O)N1CCCc2c(-c3cnn(Cc4cc(NC(=O)NCC(=O)O)ccc4Cl)c3)cccc21. The highest BCUT2D eigenvalue weighted by atomic mass is 35.5. The second kappa shape index (κ2) is 14.4. The Hall–Kier alpha value is -4.74. The number of carbonyl (C=O) groups excluding carboxylic acids is 2. The summed E-state index contributed by atoms with van der Waals surface area (Å²) in [4.78, 5) is 37.4. The first-order valence-electron chi connectivity index (χ1n) is 14.2. The molecule has 0 saturated carbocycles. The van der Waals surface area contributed by atoms with E-state index in [9.17, 15) is 14.4 Å². The smallest absolute Gasteiger partial charge is 0.414 e. The van der Waals surface area contributed by atoms with Gasteiger partial charge in [-0.05, 0) is 72.9 Å². The summed E-state index contributed by atoms with van der Waals surface area (Å²) in [6.45, 7) is 2.54. The van der Waals surface area contributed by atoms with E-state index in [1.807, 2.05) is 43.5 Å². The van der Waals surface area contributed by atoms with E-state index < -0.39 is 24.6 Å². The van der Waals surface area contributed by atoms with Crippen molar-refractivity contribution in [3.63, 3.8) is 0 Å². The van der Waals surface area contributed by atoms with E-state index in [2.05, 4.69) is 15.7 Å². The topological polar surface area (TPSA) is 135 Å². The number of anilines is 2. The first-order valence-corrected chi connectivity index (χ1v) is 15.0. The molecular formula is C32H31Cl2N5O6. The molecule has 0 fully saturated rings. The highest BCUT2D eigenvalue weighted by molar-refractivity contribution is 6.31. The van der Waals surface area contributed by atoms with Gasteiger partial charge in [-0.15, -0.1) is 0 Å². The van der Waals surface area contributed by atoms with Crippen LogP contribution in [0.4, 0.5) is 21.0 Å². The van der Waals surface area contributed by atoms with Crippen LogP contribution in [0.25, 0.3) is 11.1 Å². The molecule has 11 nitrogen and oxygen atoms in total. The van der Waals surface area contributed by atoms with Crippen molar-refractivity contribution in [1.29, 1.82) is 0 Å². The van der Waals surface area contributed by atoms with Gasteiger partial charge in [0, 0.05) is 39.6 Å². The van der Waals surface area contributed by atoms with Gasteiger partial charge < -0.3 is 25.2 Å². The Morgan fingerprint density at radius 2 is 1.87 bits per heavy atom. The minimum atomic E-state index is -1.14. The Kier molecular flexibility index (Phi) is 10.1. The fraction of sp³-hybridized carbons (Fsp3) is 0.250. The molecule has 0 atom stereocenters. The number of nitrogens with one attached hydrogen (secondary N) is 2. The first kappa shape index (κ1) is 31.7. The van der Waals surface area contributed by atoms with Crippen LogP contribution < -0.4 is 20.3 Å². The van der Waals surface area contributed by atoms with Gasteiger partial charge in [-0.25, -0.2) is 9.59 Å². The number of ether oxygens (including phenoxy) is 2. The molecule has 13 heteroatoms. The van der Waals surface area contributed by atoms with Crippen molar-refractivity contribution in [3.8, 4) is 16.9 Å². The van der Waals surface area contributed by atoms with Gasteiger partial charge in [0.05, 0.1) is 18.4 Å². The van der Waals surface area contributed by atoms with Crippen LogP contribution in [0.1, 0.15) is 23.1 Å². The minimum Gasteiger partial charge on any atom is -0.490 e. The van der Waals surface area contributed by atoms with Crippen LogP contribution in [0.5, 0.6) is 5.75 Å². The first-order chi connectivity index (χ1) is 21.7. The van der Waals surface area contributed by atoms with Gasteiger partial charge in [-0.3, -0.25) is 14.4 Å². The third-order valence-corrected chi connectivity index (χ3v) is 8.01. The third-order valence-electron chi connectivity index (χ3n) is 7.24. The number of nitrogens with zero attached hydrogens (tertiary/aromatic N) is 3. The zero-order chi connectivity index (χ0) is 31.9. The van der Waals surface area contributed by atoms with Gasteiger partial charge in [-0.1, -0.05) is 41.4 Å². The van der Waals surface area contributed by atoms with Crippen molar-refractivity contribution in [3.05, 3.63) is 93.7 Å². The van der Waals surface area contributed by atoms with Crippen molar-refractivity contribution >= 4 is 52.7 Å². The highest BCUT2D eigenvalue weighted by Gasteiger charge is 2.26. The number of aromatic nitrogens is 2. The molecule has 1 aliphatic heterocycles. The van der Waals surface area contributed by atoms with Gasteiger partial charge in [0.1, 0.15) is 25.5 Å². The van der Waals surface area contributed by atoms with Crippen LogP contribution >= 0.6 is 23.2 Å². The summed E-state index contributed by atoms with van der Waals surface area (Å²) >= 11 is 12.6. The maximum absolute atomic E-state index is 13.1. The molecule has 3 amide bonds. The Labute approximate surface area is 269 Å². The molecular weight excluding hydrogens is 621 g/mol. The number of fused-ring (bicyclic) bond motifs is 1. The number of carbonyl (C=O) groups is 3. The molecule has 3 N–H and O–H groups in total. The van der Waals surface area contributed by atoms with Crippen LogP contribution in [0, 0.1) is 6.92 Å². The number of rotatable bonds is 10. The molecule has 0 spiro atoms. The average molecular weight is 653 g/mol. The van der Waals surface area contributed by atoms with Gasteiger partial charge in [0.15, 0.2) is 0 Å². The summed E-state index contributed by atoms with van der Waals surface area (Å²) in [5.74, 6) is -0.492. The van der Waals surface area contributed by atoms with Crippen molar-refractivity contribution in [2.45, 2.75) is 26.3 Å². The van der Waals surface area contributed by atoms with Crippen LogP contribution in [0.2, 0.25) is 10.0 Å². The lowest BCUT2D eigenvalue weighted by molar-refractivity contribution is -0.135. The number of hydrogen-bond acceptors (Lipinski definition) is 6. The Morgan fingerprint density at radius 1 is 1.04 bits per heavy atom.